The van der Waals surface area contributed by atoms with Gasteiger partial charge in [0.05, 0.1) is 5.75 Å². The Morgan fingerprint density at radius 3 is 2.55 bits per heavy atom. The first-order valence-corrected chi connectivity index (χ1v) is 8.65. The van der Waals surface area contributed by atoms with Crippen LogP contribution in [0.25, 0.3) is 0 Å². The van der Waals surface area contributed by atoms with Crippen molar-refractivity contribution in [2.24, 2.45) is 0 Å². The van der Waals surface area contributed by atoms with Gasteiger partial charge in [0, 0.05) is 6.54 Å². The number of hydrogen-bond acceptors (Lipinski definition) is 4. The molecule has 0 aliphatic rings. The maximum Gasteiger partial charge on any atom is 0.211 e. The lowest BCUT2D eigenvalue weighted by atomic mass is 10.3. The van der Waals surface area contributed by atoms with Crippen LogP contribution < -0.4 is 14.8 Å². The Labute approximate surface area is 121 Å². The van der Waals surface area contributed by atoms with Gasteiger partial charge in [-0.05, 0) is 38.1 Å². The van der Waals surface area contributed by atoms with Gasteiger partial charge in [-0.1, -0.05) is 25.1 Å². The largest absolute Gasteiger partial charge is 0.492 e. The van der Waals surface area contributed by atoms with Gasteiger partial charge in [0.15, 0.2) is 0 Å². The Balaban J connectivity index is 2.10. The van der Waals surface area contributed by atoms with E-state index >= 15 is 0 Å². The molecule has 1 aromatic rings. The second-order valence-electron chi connectivity index (χ2n) is 4.48. The summed E-state index contributed by atoms with van der Waals surface area (Å²) in [5.41, 5.74) is 0. The Hall–Kier alpha value is -1.11. The van der Waals surface area contributed by atoms with Gasteiger partial charge in [-0.3, -0.25) is 0 Å². The summed E-state index contributed by atoms with van der Waals surface area (Å²) < 4.78 is 31.3. The van der Waals surface area contributed by atoms with Crippen LogP contribution in [-0.4, -0.2) is 40.4 Å². The van der Waals surface area contributed by atoms with Crippen molar-refractivity contribution in [2.75, 3.05) is 32.0 Å². The molecule has 0 saturated heterocycles. The number of hydrogen-bond donors (Lipinski definition) is 2. The third-order valence-electron chi connectivity index (χ3n) is 2.63. The van der Waals surface area contributed by atoms with Gasteiger partial charge >= 0.3 is 0 Å². The molecule has 2 N–H and O–H groups in total. The highest BCUT2D eigenvalue weighted by atomic mass is 32.2. The van der Waals surface area contributed by atoms with E-state index in [0.29, 0.717) is 19.6 Å². The third kappa shape index (κ3) is 8.14. The summed E-state index contributed by atoms with van der Waals surface area (Å²) in [5.74, 6) is 0.894. The molecule has 1 aromatic carbocycles. The van der Waals surface area contributed by atoms with Crippen LogP contribution in [0.5, 0.6) is 5.75 Å². The van der Waals surface area contributed by atoms with Gasteiger partial charge in [-0.25, -0.2) is 13.1 Å². The minimum absolute atomic E-state index is 0.148. The molecule has 0 saturated carbocycles. The molecule has 0 heterocycles. The van der Waals surface area contributed by atoms with Crippen LogP contribution in [0.1, 0.15) is 19.8 Å². The first kappa shape index (κ1) is 16.9. The van der Waals surface area contributed by atoms with Gasteiger partial charge < -0.3 is 10.1 Å². The van der Waals surface area contributed by atoms with Crippen molar-refractivity contribution in [3.05, 3.63) is 30.3 Å². The van der Waals surface area contributed by atoms with Crippen LogP contribution in [0.15, 0.2) is 30.3 Å². The molecular weight excluding hydrogens is 276 g/mol. The van der Waals surface area contributed by atoms with Crippen molar-refractivity contribution in [1.82, 2.24) is 10.0 Å². The van der Waals surface area contributed by atoms with Gasteiger partial charge in [0.2, 0.25) is 10.0 Å². The summed E-state index contributed by atoms with van der Waals surface area (Å²) in [6, 6.07) is 9.34. The van der Waals surface area contributed by atoms with Crippen LogP contribution in [0.4, 0.5) is 0 Å². The molecule has 0 aliphatic carbocycles. The van der Waals surface area contributed by atoms with Crippen molar-refractivity contribution in [3.63, 3.8) is 0 Å². The van der Waals surface area contributed by atoms with E-state index in [9.17, 15) is 8.42 Å². The normalized spacial score (nSPS) is 11.4. The van der Waals surface area contributed by atoms with Gasteiger partial charge in [-0.15, -0.1) is 0 Å². The average molecular weight is 300 g/mol. The monoisotopic (exact) mass is 300 g/mol. The fourth-order valence-electron chi connectivity index (χ4n) is 1.64. The van der Waals surface area contributed by atoms with Crippen LogP contribution in [0.3, 0.4) is 0 Å². The molecule has 0 bridgehead atoms. The molecule has 0 spiro atoms. The maximum absolute atomic E-state index is 11.7. The number of benzene rings is 1. The molecule has 0 unspecified atom stereocenters. The van der Waals surface area contributed by atoms with E-state index in [1.54, 1.807) is 0 Å². The quantitative estimate of drug-likeness (QED) is 0.606. The maximum atomic E-state index is 11.7. The molecule has 5 nitrogen and oxygen atoms in total. The van der Waals surface area contributed by atoms with Gasteiger partial charge in [0.1, 0.15) is 12.4 Å². The van der Waals surface area contributed by atoms with Crippen molar-refractivity contribution in [2.45, 2.75) is 19.8 Å². The molecule has 20 heavy (non-hydrogen) atoms. The standard InChI is InChI=1S/C14H24N2O3S/c1-2-9-15-10-6-13-20(17,18)16-11-12-19-14-7-4-3-5-8-14/h3-5,7-8,15-16H,2,6,9-13H2,1H3. The lowest BCUT2D eigenvalue weighted by Crippen LogP contribution is -2.31. The number of ether oxygens (including phenoxy) is 1. The number of rotatable bonds is 11. The van der Waals surface area contributed by atoms with Crippen molar-refractivity contribution in [3.8, 4) is 5.75 Å². The number of sulfonamides is 1. The zero-order valence-corrected chi connectivity index (χ0v) is 12.8. The summed E-state index contributed by atoms with van der Waals surface area (Å²) in [5, 5.41) is 3.18. The van der Waals surface area contributed by atoms with E-state index in [4.69, 9.17) is 4.74 Å². The highest BCUT2D eigenvalue weighted by molar-refractivity contribution is 7.89. The summed E-state index contributed by atoms with van der Waals surface area (Å²) in [6.07, 6.45) is 1.68. The molecule has 114 valence electrons. The molecule has 6 heteroatoms. The predicted octanol–water partition coefficient (Wildman–Crippen LogP) is 1.37. The molecule has 0 aromatic heterocycles. The molecule has 0 aliphatic heterocycles. The number of nitrogens with one attached hydrogen (secondary N) is 2. The Kier molecular flexibility index (Phi) is 8.25. The molecule has 0 radical (unpaired) electrons. The zero-order chi connectivity index (χ0) is 14.7. The van der Waals surface area contributed by atoms with Crippen LogP contribution >= 0.6 is 0 Å². The Morgan fingerprint density at radius 2 is 1.85 bits per heavy atom. The zero-order valence-electron chi connectivity index (χ0n) is 12.0. The van der Waals surface area contributed by atoms with Crippen LogP contribution in [0, 0.1) is 0 Å². The van der Waals surface area contributed by atoms with Crippen molar-refractivity contribution >= 4 is 10.0 Å². The number of para-hydroxylation sites is 1. The summed E-state index contributed by atoms with van der Waals surface area (Å²) in [7, 11) is -3.19. The van der Waals surface area contributed by atoms with E-state index in [-0.39, 0.29) is 5.75 Å². The molecule has 0 fully saturated rings. The topological polar surface area (TPSA) is 67.4 Å². The second-order valence-corrected chi connectivity index (χ2v) is 6.40. The summed E-state index contributed by atoms with van der Waals surface area (Å²) in [4.78, 5) is 0. The fourth-order valence-corrected chi connectivity index (χ4v) is 2.71. The lowest BCUT2D eigenvalue weighted by molar-refractivity contribution is 0.323. The first-order chi connectivity index (χ1) is 9.64. The van der Waals surface area contributed by atoms with Crippen molar-refractivity contribution in [1.29, 1.82) is 0 Å². The van der Waals surface area contributed by atoms with Gasteiger partial charge in [-0.2, -0.15) is 0 Å². The molecule has 0 atom stereocenters. The van der Waals surface area contributed by atoms with Crippen LogP contribution in [-0.2, 0) is 10.0 Å². The first-order valence-electron chi connectivity index (χ1n) is 7.00. The Morgan fingerprint density at radius 1 is 1.10 bits per heavy atom. The minimum atomic E-state index is -3.19. The Bertz CT molecular complexity index is 449. The predicted molar refractivity (Wildman–Crippen MR) is 81.5 cm³/mol. The fraction of sp³-hybridized carbons (Fsp3) is 0.571. The second kappa shape index (κ2) is 9.74. The third-order valence-corrected chi connectivity index (χ3v) is 4.10. The molecule has 0 amide bonds. The highest BCUT2D eigenvalue weighted by Gasteiger charge is 2.08. The SMILES string of the molecule is CCCNCCCS(=O)(=O)NCCOc1ccccc1. The van der Waals surface area contributed by atoms with E-state index in [1.807, 2.05) is 30.3 Å². The smallest absolute Gasteiger partial charge is 0.211 e. The van der Waals surface area contributed by atoms with E-state index in [0.717, 1.165) is 25.3 Å². The summed E-state index contributed by atoms with van der Waals surface area (Å²) in [6.45, 7) is 4.36. The molecular formula is C14H24N2O3S. The van der Waals surface area contributed by atoms with Gasteiger partial charge in [0.25, 0.3) is 0 Å². The summed E-state index contributed by atoms with van der Waals surface area (Å²) >= 11 is 0. The minimum Gasteiger partial charge on any atom is -0.492 e. The lowest BCUT2D eigenvalue weighted by Gasteiger charge is -2.08. The molecule has 1 rings (SSSR count). The van der Waals surface area contributed by atoms with E-state index in [2.05, 4.69) is 17.0 Å². The average Bonchev–Trinajstić information content (AvgIpc) is 2.44. The van der Waals surface area contributed by atoms with Crippen LogP contribution in [0.2, 0.25) is 0 Å². The highest BCUT2D eigenvalue weighted by Crippen LogP contribution is 2.07. The van der Waals surface area contributed by atoms with E-state index < -0.39 is 10.0 Å². The van der Waals surface area contributed by atoms with Crippen molar-refractivity contribution < 1.29 is 13.2 Å². The van der Waals surface area contributed by atoms with E-state index in [1.165, 1.54) is 0 Å².